The Balaban J connectivity index is 1.78. The van der Waals surface area contributed by atoms with E-state index in [1.54, 1.807) is 24.3 Å². The Labute approximate surface area is 231 Å². The minimum atomic E-state index is -4.37. The van der Waals surface area contributed by atoms with Gasteiger partial charge in [0.05, 0.1) is 30.1 Å². The van der Waals surface area contributed by atoms with Crippen LogP contribution in [-0.2, 0) is 16.6 Å². The summed E-state index contributed by atoms with van der Waals surface area (Å²) >= 11 is 3.15. The van der Waals surface area contributed by atoms with E-state index in [4.69, 9.17) is 14.0 Å². The van der Waals surface area contributed by atoms with Gasteiger partial charge in [-0.1, -0.05) is 17.3 Å². The summed E-state index contributed by atoms with van der Waals surface area (Å²) in [5, 5.41) is 4.26. The molecular formula is C27H21BrFN3O6S. The lowest BCUT2D eigenvalue weighted by atomic mass is 9.99. The number of hydrogen-bond acceptors (Lipinski definition) is 7. The van der Waals surface area contributed by atoms with Gasteiger partial charge in [0.2, 0.25) is 5.56 Å². The molecular weight excluding hydrogens is 593 g/mol. The van der Waals surface area contributed by atoms with Gasteiger partial charge in [-0.25, -0.2) is 17.1 Å². The van der Waals surface area contributed by atoms with Crippen LogP contribution in [0, 0.1) is 5.82 Å². The average Bonchev–Trinajstić information content (AvgIpc) is 3.47. The van der Waals surface area contributed by atoms with E-state index in [1.165, 1.54) is 62.9 Å². The number of rotatable bonds is 8. The Morgan fingerprint density at radius 3 is 2.46 bits per heavy atom. The highest BCUT2D eigenvalue weighted by molar-refractivity contribution is 9.10. The van der Waals surface area contributed by atoms with Crippen molar-refractivity contribution < 1.29 is 26.8 Å². The number of benzene rings is 3. The number of fused-ring (bicyclic) bond motifs is 1. The number of anilines is 1. The number of H-pyrrole nitrogens is 1. The second kappa shape index (κ2) is 10.5. The van der Waals surface area contributed by atoms with Crippen molar-refractivity contribution in [1.82, 2.24) is 10.1 Å². The molecule has 0 unspecified atom stereocenters. The average molecular weight is 614 g/mol. The van der Waals surface area contributed by atoms with Gasteiger partial charge in [0.25, 0.3) is 10.0 Å². The van der Waals surface area contributed by atoms with Crippen LogP contribution in [0.2, 0.25) is 0 Å². The lowest BCUT2D eigenvalue weighted by Crippen LogP contribution is -2.31. The zero-order chi connectivity index (χ0) is 27.7. The van der Waals surface area contributed by atoms with Gasteiger partial charge in [-0.15, -0.1) is 0 Å². The minimum absolute atomic E-state index is 0.0484. The van der Waals surface area contributed by atoms with E-state index >= 15 is 0 Å². The number of pyridine rings is 1. The maximum atomic E-state index is 14.9. The molecule has 0 amide bonds. The molecule has 0 saturated heterocycles. The molecule has 1 N–H and O–H groups in total. The van der Waals surface area contributed by atoms with Crippen molar-refractivity contribution >= 4 is 42.7 Å². The fourth-order valence-corrected chi connectivity index (χ4v) is 6.18. The number of aromatic nitrogens is 2. The SMILES string of the molecule is COc1ccc(CN(c2ccon2)S(=O)(=O)c2ccc3[nH]c(=O)ccc3c2-c2cc(F)c(Br)cc2OC)cc1. The smallest absolute Gasteiger partial charge is 0.266 e. The maximum Gasteiger partial charge on any atom is 0.266 e. The molecule has 9 nitrogen and oxygen atoms in total. The number of ether oxygens (including phenoxy) is 2. The zero-order valence-corrected chi connectivity index (χ0v) is 23.0. The van der Waals surface area contributed by atoms with Gasteiger partial charge in [0.15, 0.2) is 5.82 Å². The molecule has 0 saturated carbocycles. The predicted octanol–water partition coefficient (Wildman–Crippen LogP) is 5.50. The number of nitrogens with one attached hydrogen (secondary N) is 1. The third-order valence-electron chi connectivity index (χ3n) is 6.11. The Morgan fingerprint density at radius 2 is 1.79 bits per heavy atom. The first-order valence-electron chi connectivity index (χ1n) is 11.5. The zero-order valence-electron chi connectivity index (χ0n) is 20.6. The normalized spacial score (nSPS) is 11.5. The molecule has 0 atom stereocenters. The molecule has 0 bridgehead atoms. The predicted molar refractivity (Wildman–Crippen MR) is 147 cm³/mol. The molecule has 2 aromatic heterocycles. The fourth-order valence-electron chi connectivity index (χ4n) is 4.24. The molecule has 5 aromatic rings. The van der Waals surface area contributed by atoms with E-state index in [0.29, 0.717) is 22.2 Å². The maximum absolute atomic E-state index is 14.9. The van der Waals surface area contributed by atoms with E-state index in [0.717, 1.165) is 4.31 Å². The van der Waals surface area contributed by atoms with E-state index in [-0.39, 0.29) is 44.2 Å². The van der Waals surface area contributed by atoms with E-state index in [2.05, 4.69) is 26.1 Å². The first kappa shape index (κ1) is 26.4. The summed E-state index contributed by atoms with van der Waals surface area (Å²) in [5.41, 5.74) is 0.974. The van der Waals surface area contributed by atoms with Crippen LogP contribution in [0.1, 0.15) is 5.56 Å². The van der Waals surface area contributed by atoms with Crippen molar-refractivity contribution in [3.8, 4) is 22.6 Å². The molecule has 5 rings (SSSR count). The van der Waals surface area contributed by atoms with Crippen molar-refractivity contribution in [3.63, 3.8) is 0 Å². The standard InChI is InChI=1S/C27H21BrFN3O6S/c1-36-17-5-3-16(4-6-17)15-32(25-11-12-38-31-25)39(34,35)24-9-8-22-18(7-10-26(33)30-22)27(24)19-13-21(29)20(28)14-23(19)37-2/h3-14H,15H2,1-2H3,(H,30,33). The monoisotopic (exact) mass is 613 g/mol. The van der Waals surface area contributed by atoms with Gasteiger partial charge in [0.1, 0.15) is 23.6 Å². The van der Waals surface area contributed by atoms with Crippen LogP contribution in [0.3, 0.4) is 0 Å². The number of methoxy groups -OCH3 is 2. The lowest BCUT2D eigenvalue weighted by Gasteiger charge is -2.24. The first-order chi connectivity index (χ1) is 18.7. The summed E-state index contributed by atoms with van der Waals surface area (Å²) in [6, 6.07) is 16.6. The minimum Gasteiger partial charge on any atom is -0.497 e. The molecule has 2 heterocycles. The Kier molecular flexibility index (Phi) is 7.15. The van der Waals surface area contributed by atoms with Crippen molar-refractivity contribution in [2.24, 2.45) is 0 Å². The van der Waals surface area contributed by atoms with Crippen LogP contribution in [0.25, 0.3) is 22.0 Å². The van der Waals surface area contributed by atoms with Crippen LogP contribution < -0.4 is 19.3 Å². The summed E-state index contributed by atoms with van der Waals surface area (Å²) in [7, 11) is -1.43. The molecule has 12 heteroatoms. The van der Waals surface area contributed by atoms with Gasteiger partial charge in [-0.2, -0.15) is 0 Å². The molecule has 39 heavy (non-hydrogen) atoms. The van der Waals surface area contributed by atoms with E-state index < -0.39 is 15.8 Å². The van der Waals surface area contributed by atoms with E-state index in [9.17, 15) is 17.6 Å². The molecule has 0 radical (unpaired) electrons. The van der Waals surface area contributed by atoms with Crippen LogP contribution in [0.4, 0.5) is 10.2 Å². The highest BCUT2D eigenvalue weighted by atomic mass is 79.9. The summed E-state index contributed by atoms with van der Waals surface area (Å²) < 4.78 is 60.6. The third-order valence-corrected chi connectivity index (χ3v) is 8.51. The van der Waals surface area contributed by atoms with Crippen molar-refractivity contribution in [3.05, 3.63) is 99.2 Å². The van der Waals surface area contributed by atoms with Gasteiger partial charge >= 0.3 is 0 Å². The Hall–Kier alpha value is -4.16. The first-order valence-corrected chi connectivity index (χ1v) is 13.7. The fraction of sp³-hybridized carbons (Fsp3) is 0.111. The summed E-state index contributed by atoms with van der Waals surface area (Å²) in [4.78, 5) is 14.6. The number of halogens is 2. The number of nitrogens with zero attached hydrogens (tertiary/aromatic N) is 2. The topological polar surface area (TPSA) is 115 Å². The van der Waals surface area contributed by atoms with Crippen LogP contribution in [0.15, 0.2) is 91.7 Å². The quantitative estimate of drug-likeness (QED) is 0.246. The van der Waals surface area contributed by atoms with Crippen LogP contribution >= 0.6 is 15.9 Å². The van der Waals surface area contributed by atoms with E-state index in [1.807, 2.05) is 0 Å². The molecule has 0 spiro atoms. The van der Waals surface area contributed by atoms with Crippen LogP contribution in [-0.4, -0.2) is 32.8 Å². The largest absolute Gasteiger partial charge is 0.497 e. The number of aromatic amines is 1. The van der Waals surface area contributed by atoms with Crippen molar-refractivity contribution in [2.75, 3.05) is 18.5 Å². The summed E-state index contributed by atoms with van der Waals surface area (Å²) in [6.45, 7) is -0.0895. The molecule has 0 aliphatic rings. The summed E-state index contributed by atoms with van der Waals surface area (Å²) in [6.07, 6.45) is 1.27. The summed E-state index contributed by atoms with van der Waals surface area (Å²) in [5.74, 6) is 0.265. The van der Waals surface area contributed by atoms with Crippen molar-refractivity contribution in [1.29, 1.82) is 0 Å². The highest BCUT2D eigenvalue weighted by Gasteiger charge is 2.32. The second-order valence-corrected chi connectivity index (χ2v) is 11.1. The van der Waals surface area contributed by atoms with Crippen molar-refractivity contribution in [2.45, 2.75) is 11.4 Å². The molecule has 200 valence electrons. The lowest BCUT2D eigenvalue weighted by molar-refractivity contribution is 0.414. The van der Waals surface area contributed by atoms with Gasteiger partial charge < -0.3 is 19.0 Å². The molecule has 0 aliphatic heterocycles. The highest BCUT2D eigenvalue weighted by Crippen LogP contribution is 2.42. The molecule has 0 fully saturated rings. The van der Waals surface area contributed by atoms with Gasteiger partial charge in [0, 0.05) is 34.2 Å². The van der Waals surface area contributed by atoms with Gasteiger partial charge in [-0.05, 0) is 64.0 Å². The molecule has 0 aliphatic carbocycles. The molecule has 3 aromatic carbocycles. The Morgan fingerprint density at radius 1 is 1.03 bits per heavy atom. The number of sulfonamides is 1. The second-order valence-electron chi connectivity index (χ2n) is 8.41. The third kappa shape index (κ3) is 5.00. The Bertz CT molecular complexity index is 1820. The van der Waals surface area contributed by atoms with Crippen LogP contribution in [0.5, 0.6) is 11.5 Å². The number of hydrogen-bond donors (Lipinski definition) is 1. The van der Waals surface area contributed by atoms with Gasteiger partial charge in [-0.3, -0.25) is 4.79 Å².